The van der Waals surface area contributed by atoms with Gasteiger partial charge < -0.3 is 0 Å². The smallest absolute Gasteiger partial charge is 0.210 e. The van der Waals surface area contributed by atoms with Crippen LogP contribution in [0.5, 0.6) is 0 Å². The second kappa shape index (κ2) is 7.85. The van der Waals surface area contributed by atoms with Gasteiger partial charge in [-0.1, -0.05) is 24.3 Å². The molecular formula is C15H14F3NO2S2. The van der Waals surface area contributed by atoms with Crippen molar-refractivity contribution in [3.8, 4) is 0 Å². The standard InChI is InChI=1S/C15H14F3NO2S2/c16-12-5-2-1-4-11(12)10-22-9-8-19-23(20,21)15-13(17)6-3-7-14(15)18/h1-7,19H,8-10H2. The molecule has 0 unspecified atom stereocenters. The molecule has 0 fully saturated rings. The van der Waals surface area contributed by atoms with Gasteiger partial charge in [-0.05, 0) is 23.8 Å². The molecule has 0 aromatic heterocycles. The Morgan fingerprint density at radius 1 is 0.913 bits per heavy atom. The van der Waals surface area contributed by atoms with Gasteiger partial charge in [0.1, 0.15) is 17.5 Å². The molecule has 2 aromatic rings. The van der Waals surface area contributed by atoms with E-state index >= 15 is 0 Å². The quantitative estimate of drug-likeness (QED) is 0.770. The van der Waals surface area contributed by atoms with Crippen LogP contribution in [0.2, 0.25) is 0 Å². The molecule has 3 nitrogen and oxygen atoms in total. The lowest BCUT2D eigenvalue weighted by Crippen LogP contribution is -2.27. The Balaban J connectivity index is 1.87. The fraction of sp³-hybridized carbons (Fsp3) is 0.200. The summed E-state index contributed by atoms with van der Waals surface area (Å²) in [5.74, 6) is -1.89. The van der Waals surface area contributed by atoms with Crippen LogP contribution >= 0.6 is 11.8 Å². The normalized spacial score (nSPS) is 11.6. The molecular weight excluding hydrogens is 347 g/mol. The molecule has 0 aliphatic heterocycles. The first kappa shape index (κ1) is 17.8. The number of benzene rings is 2. The van der Waals surface area contributed by atoms with Crippen molar-refractivity contribution in [2.24, 2.45) is 0 Å². The summed E-state index contributed by atoms with van der Waals surface area (Å²) in [4.78, 5) is -0.987. The van der Waals surface area contributed by atoms with Gasteiger partial charge in [-0.2, -0.15) is 11.8 Å². The van der Waals surface area contributed by atoms with E-state index in [0.717, 1.165) is 18.2 Å². The molecule has 0 aliphatic rings. The van der Waals surface area contributed by atoms with Crippen molar-refractivity contribution < 1.29 is 21.6 Å². The molecule has 0 amide bonds. The number of hydrogen-bond acceptors (Lipinski definition) is 3. The SMILES string of the molecule is O=S(=O)(NCCSCc1ccccc1F)c1c(F)cccc1F. The third kappa shape index (κ3) is 4.73. The minimum atomic E-state index is -4.26. The molecule has 124 valence electrons. The Morgan fingerprint density at radius 3 is 2.17 bits per heavy atom. The number of nitrogens with one attached hydrogen (secondary N) is 1. The van der Waals surface area contributed by atoms with Crippen LogP contribution in [-0.2, 0) is 15.8 Å². The molecule has 0 saturated carbocycles. The van der Waals surface area contributed by atoms with Crippen LogP contribution in [-0.4, -0.2) is 20.7 Å². The Bertz CT molecular complexity index is 762. The topological polar surface area (TPSA) is 46.2 Å². The summed E-state index contributed by atoms with van der Waals surface area (Å²) < 4.78 is 66.3. The second-order valence-corrected chi connectivity index (χ2v) is 7.40. The maximum Gasteiger partial charge on any atom is 0.246 e. The van der Waals surface area contributed by atoms with E-state index in [1.807, 2.05) is 0 Å². The zero-order valence-electron chi connectivity index (χ0n) is 11.9. The highest BCUT2D eigenvalue weighted by atomic mass is 32.2. The first-order valence-corrected chi connectivity index (χ1v) is 9.30. The second-order valence-electron chi connectivity index (χ2n) is 4.59. The Labute approximate surface area is 137 Å². The van der Waals surface area contributed by atoms with Gasteiger partial charge in [0.05, 0.1) is 0 Å². The lowest BCUT2D eigenvalue weighted by atomic mass is 10.2. The van der Waals surface area contributed by atoms with Crippen LogP contribution in [0.4, 0.5) is 13.2 Å². The summed E-state index contributed by atoms with van der Waals surface area (Å²) in [5, 5.41) is 0. The van der Waals surface area contributed by atoms with E-state index in [-0.39, 0.29) is 12.4 Å². The molecule has 0 bridgehead atoms. The predicted molar refractivity (Wildman–Crippen MR) is 84.1 cm³/mol. The minimum absolute atomic E-state index is 0.0186. The number of hydrogen-bond donors (Lipinski definition) is 1. The largest absolute Gasteiger partial charge is 0.246 e. The van der Waals surface area contributed by atoms with E-state index in [1.54, 1.807) is 18.2 Å². The Kier molecular flexibility index (Phi) is 6.09. The average Bonchev–Trinajstić information content (AvgIpc) is 2.48. The molecule has 23 heavy (non-hydrogen) atoms. The van der Waals surface area contributed by atoms with Crippen LogP contribution in [0.3, 0.4) is 0 Å². The third-order valence-electron chi connectivity index (χ3n) is 2.94. The van der Waals surface area contributed by atoms with Crippen LogP contribution in [0.1, 0.15) is 5.56 Å². The van der Waals surface area contributed by atoms with E-state index in [9.17, 15) is 21.6 Å². The molecule has 0 heterocycles. The fourth-order valence-corrected chi connectivity index (χ4v) is 4.00. The molecule has 0 saturated heterocycles. The average molecular weight is 361 g/mol. The zero-order chi connectivity index (χ0) is 16.9. The summed E-state index contributed by atoms with van der Waals surface area (Å²) in [5.41, 5.74) is 0.514. The summed E-state index contributed by atoms with van der Waals surface area (Å²) in [6.07, 6.45) is 0. The van der Waals surface area contributed by atoms with Gasteiger partial charge in [-0.15, -0.1) is 0 Å². The lowest BCUT2D eigenvalue weighted by molar-refractivity contribution is 0.515. The van der Waals surface area contributed by atoms with Crippen molar-refractivity contribution in [1.82, 2.24) is 4.72 Å². The monoisotopic (exact) mass is 361 g/mol. The number of sulfonamides is 1. The van der Waals surface area contributed by atoms with Crippen molar-refractivity contribution >= 4 is 21.8 Å². The van der Waals surface area contributed by atoms with E-state index in [2.05, 4.69) is 4.72 Å². The first-order chi connectivity index (χ1) is 10.9. The van der Waals surface area contributed by atoms with Gasteiger partial charge in [0.15, 0.2) is 4.90 Å². The number of rotatable bonds is 7. The van der Waals surface area contributed by atoms with Crippen LogP contribution < -0.4 is 4.72 Å². The van der Waals surface area contributed by atoms with E-state index in [4.69, 9.17) is 0 Å². The highest BCUT2D eigenvalue weighted by Crippen LogP contribution is 2.18. The van der Waals surface area contributed by atoms with Crippen LogP contribution in [0.15, 0.2) is 47.4 Å². The molecule has 1 N–H and O–H groups in total. The van der Waals surface area contributed by atoms with E-state index in [1.165, 1.54) is 17.8 Å². The zero-order valence-corrected chi connectivity index (χ0v) is 13.6. The summed E-state index contributed by atoms with van der Waals surface area (Å²) >= 11 is 1.31. The predicted octanol–water partition coefficient (Wildman–Crippen LogP) is 3.32. The van der Waals surface area contributed by atoms with Crippen molar-refractivity contribution in [2.75, 3.05) is 12.3 Å². The van der Waals surface area contributed by atoms with Gasteiger partial charge in [0, 0.05) is 18.1 Å². The maximum absolute atomic E-state index is 13.5. The highest BCUT2D eigenvalue weighted by Gasteiger charge is 2.23. The van der Waals surface area contributed by atoms with Crippen molar-refractivity contribution in [1.29, 1.82) is 0 Å². The third-order valence-corrected chi connectivity index (χ3v) is 5.46. The van der Waals surface area contributed by atoms with Gasteiger partial charge in [-0.3, -0.25) is 0 Å². The van der Waals surface area contributed by atoms with Crippen molar-refractivity contribution in [3.63, 3.8) is 0 Å². The summed E-state index contributed by atoms with van der Waals surface area (Å²) in [6, 6.07) is 9.13. The number of thioether (sulfide) groups is 1. The number of halogens is 3. The molecule has 0 spiro atoms. The molecule has 0 atom stereocenters. The summed E-state index contributed by atoms with van der Waals surface area (Å²) in [7, 11) is -4.26. The molecule has 8 heteroatoms. The molecule has 2 rings (SSSR count). The first-order valence-electron chi connectivity index (χ1n) is 6.66. The van der Waals surface area contributed by atoms with Gasteiger partial charge in [0.2, 0.25) is 10.0 Å². The highest BCUT2D eigenvalue weighted by molar-refractivity contribution is 7.98. The lowest BCUT2D eigenvalue weighted by Gasteiger charge is -2.08. The van der Waals surface area contributed by atoms with Gasteiger partial charge >= 0.3 is 0 Å². The summed E-state index contributed by atoms with van der Waals surface area (Å²) in [6.45, 7) is -0.0186. The Hall–Kier alpha value is -1.51. The van der Waals surface area contributed by atoms with E-state index < -0.39 is 26.6 Å². The van der Waals surface area contributed by atoms with Gasteiger partial charge in [-0.25, -0.2) is 26.3 Å². The maximum atomic E-state index is 13.5. The van der Waals surface area contributed by atoms with Crippen LogP contribution in [0.25, 0.3) is 0 Å². The van der Waals surface area contributed by atoms with Crippen molar-refractivity contribution in [3.05, 3.63) is 65.5 Å². The van der Waals surface area contributed by atoms with Crippen molar-refractivity contribution in [2.45, 2.75) is 10.6 Å². The Morgan fingerprint density at radius 2 is 1.52 bits per heavy atom. The minimum Gasteiger partial charge on any atom is -0.210 e. The van der Waals surface area contributed by atoms with Crippen LogP contribution in [0, 0.1) is 17.5 Å². The molecule has 0 radical (unpaired) electrons. The van der Waals surface area contributed by atoms with E-state index in [0.29, 0.717) is 17.1 Å². The molecule has 2 aromatic carbocycles. The fourth-order valence-electron chi connectivity index (χ4n) is 1.86. The van der Waals surface area contributed by atoms with Gasteiger partial charge in [0.25, 0.3) is 0 Å². The molecule has 0 aliphatic carbocycles.